The number of aromatic amines is 1. The van der Waals surface area contributed by atoms with E-state index < -0.39 is 6.04 Å². The van der Waals surface area contributed by atoms with Crippen LogP contribution in [0, 0.1) is 0 Å². The summed E-state index contributed by atoms with van der Waals surface area (Å²) in [6, 6.07) is 1.07. The van der Waals surface area contributed by atoms with Crippen molar-refractivity contribution >= 4 is 11.7 Å². The second-order valence-corrected chi connectivity index (χ2v) is 3.09. The molecular weight excluding hydrogens is 198 g/mol. The first-order valence-electron chi connectivity index (χ1n) is 4.32. The van der Waals surface area contributed by atoms with Crippen LogP contribution in [0.5, 0.6) is 0 Å². The number of likely N-dealkylation sites (N-methyl/N-ethyl adjacent to an activating group) is 1. The molecule has 1 aromatic rings. The van der Waals surface area contributed by atoms with Gasteiger partial charge in [0.1, 0.15) is 5.69 Å². The highest BCUT2D eigenvalue weighted by atomic mass is 16.4. The summed E-state index contributed by atoms with van der Waals surface area (Å²) < 4.78 is 0. The fourth-order valence-corrected chi connectivity index (χ4v) is 1.02. The number of aromatic nitrogens is 2. The smallest absolute Gasteiger partial charge is 0.272 e. The number of oxime groups is 1. The van der Waals surface area contributed by atoms with Gasteiger partial charge in [0.2, 0.25) is 0 Å². The predicted octanol–water partition coefficient (Wildman–Crippen LogP) is -0.383. The molecule has 0 aliphatic carbocycles. The Hall–Kier alpha value is -2.05. The van der Waals surface area contributed by atoms with E-state index in [1.165, 1.54) is 11.1 Å². The molecule has 1 unspecified atom stereocenters. The zero-order valence-corrected chi connectivity index (χ0v) is 8.51. The molecular formula is C8H13N5O2. The molecule has 1 rings (SSSR count). The summed E-state index contributed by atoms with van der Waals surface area (Å²) in [5.41, 5.74) is 5.75. The van der Waals surface area contributed by atoms with Crippen molar-refractivity contribution in [1.29, 1.82) is 0 Å². The summed E-state index contributed by atoms with van der Waals surface area (Å²) in [5, 5.41) is 17.5. The van der Waals surface area contributed by atoms with Crippen molar-refractivity contribution in [3.63, 3.8) is 0 Å². The largest absolute Gasteiger partial charge is 0.409 e. The van der Waals surface area contributed by atoms with Crippen molar-refractivity contribution in [2.75, 3.05) is 7.05 Å². The highest BCUT2D eigenvalue weighted by molar-refractivity contribution is 5.96. The SMILES string of the molecule is CC(C(N)=NO)N(C)C(=O)c1ccn[nH]1. The monoisotopic (exact) mass is 211 g/mol. The molecule has 0 spiro atoms. The highest BCUT2D eigenvalue weighted by Crippen LogP contribution is 2.03. The van der Waals surface area contributed by atoms with Gasteiger partial charge in [-0.2, -0.15) is 5.10 Å². The average Bonchev–Trinajstić information content (AvgIpc) is 2.78. The maximum atomic E-state index is 11.7. The molecule has 0 radical (unpaired) electrons. The van der Waals surface area contributed by atoms with Gasteiger partial charge >= 0.3 is 0 Å². The van der Waals surface area contributed by atoms with Gasteiger partial charge < -0.3 is 15.8 Å². The van der Waals surface area contributed by atoms with Crippen LogP contribution in [0.25, 0.3) is 0 Å². The van der Waals surface area contributed by atoms with E-state index >= 15 is 0 Å². The number of carbonyl (C=O) groups excluding carboxylic acids is 1. The van der Waals surface area contributed by atoms with Crippen LogP contribution in [0.1, 0.15) is 17.4 Å². The molecule has 0 aliphatic heterocycles. The molecule has 82 valence electrons. The second-order valence-electron chi connectivity index (χ2n) is 3.09. The first kappa shape index (κ1) is 11.0. The van der Waals surface area contributed by atoms with E-state index in [1.54, 1.807) is 20.0 Å². The third kappa shape index (κ3) is 2.25. The second kappa shape index (κ2) is 4.45. The lowest BCUT2D eigenvalue weighted by molar-refractivity contribution is 0.0770. The van der Waals surface area contributed by atoms with Gasteiger partial charge in [0.15, 0.2) is 5.84 Å². The van der Waals surface area contributed by atoms with Crippen molar-refractivity contribution in [3.05, 3.63) is 18.0 Å². The number of amides is 1. The Bertz CT molecular complexity index is 359. The number of nitrogens with zero attached hydrogens (tertiary/aromatic N) is 3. The maximum Gasteiger partial charge on any atom is 0.272 e. The number of nitrogens with two attached hydrogens (primary N) is 1. The maximum absolute atomic E-state index is 11.7. The molecule has 7 heteroatoms. The van der Waals surface area contributed by atoms with Gasteiger partial charge in [0.25, 0.3) is 5.91 Å². The molecule has 0 aliphatic rings. The molecule has 0 bridgehead atoms. The van der Waals surface area contributed by atoms with Gasteiger partial charge in [-0.05, 0) is 13.0 Å². The summed E-state index contributed by atoms with van der Waals surface area (Å²) in [6.07, 6.45) is 1.48. The van der Waals surface area contributed by atoms with Gasteiger partial charge in [-0.25, -0.2) is 0 Å². The summed E-state index contributed by atoms with van der Waals surface area (Å²) in [5.74, 6) is -0.294. The van der Waals surface area contributed by atoms with E-state index in [-0.39, 0.29) is 11.7 Å². The van der Waals surface area contributed by atoms with Gasteiger partial charge in [-0.1, -0.05) is 5.16 Å². The number of hydrogen-bond acceptors (Lipinski definition) is 4. The summed E-state index contributed by atoms with van der Waals surface area (Å²) in [4.78, 5) is 13.1. The van der Waals surface area contributed by atoms with Gasteiger partial charge in [-0.3, -0.25) is 9.89 Å². The molecule has 1 amide bonds. The molecule has 1 aromatic heterocycles. The quantitative estimate of drug-likeness (QED) is 0.274. The Morgan fingerprint density at radius 3 is 2.93 bits per heavy atom. The molecule has 1 heterocycles. The lowest BCUT2D eigenvalue weighted by Gasteiger charge is -2.22. The number of carbonyl (C=O) groups is 1. The van der Waals surface area contributed by atoms with Crippen LogP contribution < -0.4 is 5.73 Å². The Labute approximate surface area is 86.6 Å². The van der Waals surface area contributed by atoms with Crippen molar-refractivity contribution < 1.29 is 10.0 Å². The van der Waals surface area contributed by atoms with Crippen molar-refractivity contribution in [3.8, 4) is 0 Å². The average molecular weight is 211 g/mol. The molecule has 0 aromatic carbocycles. The van der Waals surface area contributed by atoms with Gasteiger partial charge in [0, 0.05) is 13.2 Å². The number of hydrogen-bond donors (Lipinski definition) is 3. The number of nitrogens with one attached hydrogen (secondary N) is 1. The fraction of sp³-hybridized carbons (Fsp3) is 0.375. The third-order valence-corrected chi connectivity index (χ3v) is 2.18. The van der Waals surface area contributed by atoms with E-state index in [1.807, 2.05) is 0 Å². The normalized spacial score (nSPS) is 13.6. The summed E-state index contributed by atoms with van der Waals surface area (Å²) in [7, 11) is 1.56. The molecule has 15 heavy (non-hydrogen) atoms. The zero-order valence-electron chi connectivity index (χ0n) is 8.51. The Morgan fingerprint density at radius 1 is 1.80 bits per heavy atom. The van der Waals surface area contributed by atoms with Crippen LogP contribution in [0.3, 0.4) is 0 Å². The lowest BCUT2D eigenvalue weighted by Crippen LogP contribution is -2.43. The van der Waals surface area contributed by atoms with Crippen molar-refractivity contribution in [2.24, 2.45) is 10.9 Å². The van der Waals surface area contributed by atoms with E-state index in [4.69, 9.17) is 10.9 Å². The van der Waals surface area contributed by atoms with Crippen LogP contribution in [-0.2, 0) is 0 Å². The molecule has 7 nitrogen and oxygen atoms in total. The van der Waals surface area contributed by atoms with E-state index in [9.17, 15) is 4.79 Å². The first-order valence-corrected chi connectivity index (χ1v) is 4.32. The molecule has 1 atom stereocenters. The number of H-pyrrole nitrogens is 1. The fourth-order valence-electron chi connectivity index (χ4n) is 1.02. The minimum absolute atomic E-state index is 0.0228. The molecule has 0 fully saturated rings. The molecule has 0 saturated carbocycles. The standard InChI is InChI=1S/C8H13N5O2/c1-5(7(9)12-15)13(2)8(14)6-3-4-10-11-6/h3-5,15H,1-2H3,(H2,9,12)(H,10,11). The van der Waals surface area contributed by atoms with Crippen LogP contribution >= 0.6 is 0 Å². The zero-order chi connectivity index (χ0) is 11.4. The first-order chi connectivity index (χ1) is 7.07. The topological polar surface area (TPSA) is 108 Å². The Balaban J connectivity index is 2.77. The lowest BCUT2D eigenvalue weighted by atomic mass is 10.2. The Kier molecular flexibility index (Phi) is 3.27. The van der Waals surface area contributed by atoms with E-state index in [0.29, 0.717) is 5.69 Å². The van der Waals surface area contributed by atoms with E-state index in [2.05, 4.69) is 15.4 Å². The van der Waals surface area contributed by atoms with Crippen LogP contribution in [0.4, 0.5) is 0 Å². The third-order valence-electron chi connectivity index (χ3n) is 2.18. The minimum Gasteiger partial charge on any atom is -0.409 e. The Morgan fingerprint density at radius 2 is 2.47 bits per heavy atom. The highest BCUT2D eigenvalue weighted by Gasteiger charge is 2.21. The summed E-state index contributed by atoms with van der Waals surface area (Å²) >= 11 is 0. The van der Waals surface area contributed by atoms with Gasteiger partial charge in [0.05, 0.1) is 6.04 Å². The van der Waals surface area contributed by atoms with Crippen molar-refractivity contribution in [1.82, 2.24) is 15.1 Å². The predicted molar refractivity (Wildman–Crippen MR) is 53.6 cm³/mol. The van der Waals surface area contributed by atoms with E-state index in [0.717, 1.165) is 0 Å². The minimum atomic E-state index is -0.481. The van der Waals surface area contributed by atoms with Crippen LogP contribution in [-0.4, -0.2) is 45.1 Å². The van der Waals surface area contributed by atoms with Crippen LogP contribution in [0.15, 0.2) is 17.4 Å². The van der Waals surface area contributed by atoms with Gasteiger partial charge in [-0.15, -0.1) is 0 Å². The number of rotatable bonds is 3. The summed E-state index contributed by atoms with van der Waals surface area (Å²) in [6.45, 7) is 1.66. The van der Waals surface area contributed by atoms with Crippen molar-refractivity contribution in [2.45, 2.75) is 13.0 Å². The molecule has 0 saturated heterocycles. The molecule has 4 N–H and O–H groups in total. The number of amidine groups is 1. The van der Waals surface area contributed by atoms with Crippen LogP contribution in [0.2, 0.25) is 0 Å².